The number of benzene rings is 1. The molecule has 0 bridgehead atoms. The minimum Gasteiger partial charge on any atom is -0.493 e. The summed E-state index contributed by atoms with van der Waals surface area (Å²) in [6.45, 7) is 3.05. The van der Waals surface area contributed by atoms with E-state index in [2.05, 4.69) is 0 Å². The number of hydrogen-bond donors (Lipinski definition) is 0. The maximum Gasteiger partial charge on any atom is 0.331 e. The average Bonchev–Trinajstić information content (AvgIpc) is 2.94. The minimum atomic E-state index is -0.811. The van der Waals surface area contributed by atoms with Crippen molar-refractivity contribution >= 4 is 29.6 Å². The summed E-state index contributed by atoms with van der Waals surface area (Å²) in [4.78, 5) is 26.3. The van der Waals surface area contributed by atoms with Crippen LogP contribution in [0.5, 0.6) is 11.5 Å². The second kappa shape index (κ2) is 10.2. The normalized spacial score (nSPS) is 15.9. The zero-order valence-electron chi connectivity index (χ0n) is 16.0. The molecular formula is C20H26ClNO5. The van der Waals surface area contributed by atoms with Crippen LogP contribution in [0.25, 0.3) is 6.08 Å². The van der Waals surface area contributed by atoms with Gasteiger partial charge in [0.1, 0.15) is 0 Å². The molecule has 2 rings (SSSR count). The van der Waals surface area contributed by atoms with Crippen LogP contribution in [0.1, 0.15) is 38.2 Å². The minimum absolute atomic E-state index is 0.146. The highest BCUT2D eigenvalue weighted by Crippen LogP contribution is 2.36. The first kappa shape index (κ1) is 21.1. The third-order valence-corrected chi connectivity index (χ3v) is 4.71. The second-order valence-electron chi connectivity index (χ2n) is 6.39. The van der Waals surface area contributed by atoms with E-state index in [1.165, 1.54) is 20.3 Å². The van der Waals surface area contributed by atoms with Crippen molar-refractivity contribution in [3.63, 3.8) is 0 Å². The first-order valence-corrected chi connectivity index (χ1v) is 9.43. The lowest BCUT2D eigenvalue weighted by Gasteiger charge is -2.23. The summed E-state index contributed by atoms with van der Waals surface area (Å²) in [5.41, 5.74) is 0.654. The molecule has 1 amide bonds. The van der Waals surface area contributed by atoms with Gasteiger partial charge in [0.15, 0.2) is 17.6 Å². The molecule has 1 saturated heterocycles. The van der Waals surface area contributed by atoms with E-state index < -0.39 is 12.1 Å². The fourth-order valence-electron chi connectivity index (χ4n) is 3.01. The lowest BCUT2D eigenvalue weighted by atomic mass is 10.2. The van der Waals surface area contributed by atoms with E-state index >= 15 is 0 Å². The van der Waals surface area contributed by atoms with Gasteiger partial charge in [0.25, 0.3) is 5.91 Å². The Balaban J connectivity index is 1.98. The van der Waals surface area contributed by atoms with Crippen LogP contribution in [0.2, 0.25) is 5.02 Å². The van der Waals surface area contributed by atoms with Crippen LogP contribution in [-0.2, 0) is 14.3 Å². The zero-order chi connectivity index (χ0) is 19.8. The number of carbonyl (C=O) groups excluding carboxylic acids is 2. The van der Waals surface area contributed by atoms with E-state index in [1.807, 2.05) is 0 Å². The van der Waals surface area contributed by atoms with Crippen LogP contribution in [-0.4, -0.2) is 50.2 Å². The number of halogens is 1. The van der Waals surface area contributed by atoms with Crippen molar-refractivity contribution in [3.8, 4) is 11.5 Å². The number of amides is 1. The van der Waals surface area contributed by atoms with Crippen LogP contribution in [0.3, 0.4) is 0 Å². The maximum atomic E-state index is 12.4. The molecule has 0 radical (unpaired) electrons. The Morgan fingerprint density at radius 2 is 1.78 bits per heavy atom. The van der Waals surface area contributed by atoms with E-state index in [0.717, 1.165) is 38.8 Å². The van der Waals surface area contributed by atoms with E-state index in [0.29, 0.717) is 22.1 Å². The Kier molecular flexibility index (Phi) is 7.98. The molecule has 1 unspecified atom stereocenters. The fraction of sp³-hybridized carbons (Fsp3) is 0.500. The molecule has 0 N–H and O–H groups in total. The van der Waals surface area contributed by atoms with Crippen molar-refractivity contribution in [1.82, 2.24) is 4.90 Å². The van der Waals surface area contributed by atoms with E-state index in [9.17, 15) is 9.59 Å². The Morgan fingerprint density at radius 3 is 2.37 bits per heavy atom. The van der Waals surface area contributed by atoms with Crippen LogP contribution >= 0.6 is 11.6 Å². The number of rotatable bonds is 6. The molecule has 0 spiro atoms. The lowest BCUT2D eigenvalue weighted by Crippen LogP contribution is -2.40. The van der Waals surface area contributed by atoms with Crippen LogP contribution in [0.4, 0.5) is 0 Å². The monoisotopic (exact) mass is 395 g/mol. The first-order chi connectivity index (χ1) is 13.0. The number of likely N-dealkylation sites (tertiary alicyclic amines) is 1. The highest BCUT2D eigenvalue weighted by molar-refractivity contribution is 6.32. The molecular weight excluding hydrogens is 370 g/mol. The molecule has 27 heavy (non-hydrogen) atoms. The highest BCUT2D eigenvalue weighted by atomic mass is 35.5. The van der Waals surface area contributed by atoms with Gasteiger partial charge < -0.3 is 19.1 Å². The number of esters is 1. The fourth-order valence-corrected chi connectivity index (χ4v) is 3.31. The van der Waals surface area contributed by atoms with Gasteiger partial charge in [0.2, 0.25) is 0 Å². The van der Waals surface area contributed by atoms with Crippen molar-refractivity contribution in [2.24, 2.45) is 0 Å². The van der Waals surface area contributed by atoms with Gasteiger partial charge in [-0.05, 0) is 43.5 Å². The van der Waals surface area contributed by atoms with E-state index in [1.54, 1.807) is 30.0 Å². The summed E-state index contributed by atoms with van der Waals surface area (Å²) < 4.78 is 15.7. The van der Waals surface area contributed by atoms with Gasteiger partial charge in [-0.1, -0.05) is 24.4 Å². The average molecular weight is 396 g/mol. The molecule has 1 aliphatic rings. The number of hydrogen-bond acceptors (Lipinski definition) is 5. The standard InChI is InChI=1S/C20H26ClNO5/c1-14(20(24)22-10-6-4-5-7-11-22)27-18(23)9-8-15-12-16(21)19(26-3)17(13-15)25-2/h8-9,12-14H,4-7,10-11H2,1-3H3/b9-8+. The Labute approximate surface area is 165 Å². The second-order valence-corrected chi connectivity index (χ2v) is 6.80. The number of methoxy groups -OCH3 is 2. The molecule has 6 nitrogen and oxygen atoms in total. The Hall–Kier alpha value is -2.21. The predicted octanol–water partition coefficient (Wildman–Crippen LogP) is 3.70. The molecule has 0 aliphatic carbocycles. The van der Waals surface area contributed by atoms with Crippen molar-refractivity contribution in [2.45, 2.75) is 38.7 Å². The van der Waals surface area contributed by atoms with Crippen LogP contribution in [0.15, 0.2) is 18.2 Å². The summed E-state index contributed by atoms with van der Waals surface area (Å²) in [6, 6.07) is 3.35. The van der Waals surface area contributed by atoms with Gasteiger partial charge in [-0.2, -0.15) is 0 Å². The molecule has 1 heterocycles. The smallest absolute Gasteiger partial charge is 0.331 e. The quantitative estimate of drug-likeness (QED) is 0.542. The molecule has 1 aliphatic heterocycles. The van der Waals surface area contributed by atoms with Gasteiger partial charge in [0.05, 0.1) is 19.2 Å². The van der Waals surface area contributed by atoms with Gasteiger partial charge in [-0.25, -0.2) is 4.79 Å². The molecule has 1 aromatic carbocycles. The van der Waals surface area contributed by atoms with Gasteiger partial charge >= 0.3 is 5.97 Å². The van der Waals surface area contributed by atoms with Crippen molar-refractivity contribution in [1.29, 1.82) is 0 Å². The van der Waals surface area contributed by atoms with Crippen LogP contribution < -0.4 is 9.47 Å². The third kappa shape index (κ3) is 5.89. The highest BCUT2D eigenvalue weighted by Gasteiger charge is 2.23. The summed E-state index contributed by atoms with van der Waals surface area (Å²) in [7, 11) is 3.01. The van der Waals surface area contributed by atoms with E-state index in [4.69, 9.17) is 25.8 Å². The largest absolute Gasteiger partial charge is 0.493 e. The molecule has 148 valence electrons. The van der Waals surface area contributed by atoms with Gasteiger partial charge in [-0.3, -0.25) is 4.79 Å². The summed E-state index contributed by atoms with van der Waals surface area (Å²) in [6.07, 6.45) is 6.26. The number of nitrogens with zero attached hydrogens (tertiary/aromatic N) is 1. The zero-order valence-corrected chi connectivity index (χ0v) is 16.8. The third-order valence-electron chi connectivity index (χ3n) is 4.43. The number of carbonyl (C=O) groups is 2. The summed E-state index contributed by atoms with van der Waals surface area (Å²) in [5.74, 6) is 0.155. The SMILES string of the molecule is COc1cc(/C=C/C(=O)OC(C)C(=O)N2CCCCCC2)cc(Cl)c1OC. The molecule has 0 aromatic heterocycles. The van der Waals surface area contributed by atoms with Gasteiger partial charge in [0, 0.05) is 19.2 Å². The molecule has 1 fully saturated rings. The predicted molar refractivity (Wildman–Crippen MR) is 104 cm³/mol. The number of ether oxygens (including phenoxy) is 3. The first-order valence-electron chi connectivity index (χ1n) is 9.05. The maximum absolute atomic E-state index is 12.4. The van der Waals surface area contributed by atoms with Gasteiger partial charge in [-0.15, -0.1) is 0 Å². The van der Waals surface area contributed by atoms with Crippen LogP contribution in [0, 0.1) is 0 Å². The topological polar surface area (TPSA) is 65.1 Å². The summed E-state index contributed by atoms with van der Waals surface area (Å²) >= 11 is 6.15. The van der Waals surface area contributed by atoms with Crippen molar-refractivity contribution < 1.29 is 23.8 Å². The molecule has 0 saturated carbocycles. The summed E-state index contributed by atoms with van der Waals surface area (Å²) in [5, 5.41) is 0.370. The molecule has 1 atom stereocenters. The van der Waals surface area contributed by atoms with Crippen molar-refractivity contribution in [3.05, 3.63) is 28.8 Å². The Bertz CT molecular complexity index is 696. The lowest BCUT2D eigenvalue weighted by molar-refractivity contribution is -0.155. The Morgan fingerprint density at radius 1 is 1.11 bits per heavy atom. The van der Waals surface area contributed by atoms with E-state index in [-0.39, 0.29) is 5.91 Å². The molecule has 1 aromatic rings. The molecule has 7 heteroatoms. The van der Waals surface area contributed by atoms with Crippen molar-refractivity contribution in [2.75, 3.05) is 27.3 Å².